The lowest BCUT2D eigenvalue weighted by atomic mass is 10.0. The van der Waals surface area contributed by atoms with Crippen LogP contribution in [-0.4, -0.2) is 0 Å². The maximum atomic E-state index is 13.9. The molecule has 0 bridgehead atoms. The summed E-state index contributed by atoms with van der Waals surface area (Å²) in [5.41, 5.74) is 0.387. The molecule has 0 heterocycles. The van der Waals surface area contributed by atoms with E-state index >= 15 is 0 Å². The Morgan fingerprint density at radius 3 is 2.25 bits per heavy atom. The lowest BCUT2D eigenvalue weighted by molar-refractivity contribution is 0.506. The smallest absolute Gasteiger partial charge is 0.159 e. The number of hydrogen-bond acceptors (Lipinski definition) is 0. The van der Waals surface area contributed by atoms with Crippen molar-refractivity contribution in [1.29, 1.82) is 0 Å². The Balaban J connectivity index is 2.30. The first-order valence-corrected chi connectivity index (χ1v) is 6.36. The molecule has 5 heteroatoms. The van der Waals surface area contributed by atoms with Gasteiger partial charge in [0.15, 0.2) is 11.6 Å². The molecule has 0 N–H and O–H groups in total. The minimum Gasteiger partial charge on any atom is -0.207 e. The molecule has 1 unspecified atom stereocenters. The van der Waals surface area contributed by atoms with Gasteiger partial charge in [-0.25, -0.2) is 17.6 Å². The topological polar surface area (TPSA) is 0 Å². The van der Waals surface area contributed by atoms with Gasteiger partial charge in [-0.3, -0.25) is 0 Å². The fourth-order valence-electron chi connectivity index (χ4n) is 1.94. The summed E-state index contributed by atoms with van der Waals surface area (Å²) < 4.78 is 53.5. The highest BCUT2D eigenvalue weighted by Crippen LogP contribution is 2.31. The van der Waals surface area contributed by atoms with Gasteiger partial charge in [0.2, 0.25) is 0 Å². The van der Waals surface area contributed by atoms with E-state index in [-0.39, 0.29) is 17.5 Å². The number of benzene rings is 2. The number of aryl methyl sites for hydroxylation is 1. The van der Waals surface area contributed by atoms with Crippen molar-refractivity contribution in [3.63, 3.8) is 0 Å². The molecular formula is C15H11ClF4. The van der Waals surface area contributed by atoms with Crippen molar-refractivity contribution in [2.24, 2.45) is 0 Å². The molecule has 0 saturated heterocycles. The minimum atomic E-state index is -1.02. The van der Waals surface area contributed by atoms with Gasteiger partial charge in [0.25, 0.3) is 0 Å². The van der Waals surface area contributed by atoms with Crippen LogP contribution in [0.15, 0.2) is 30.3 Å². The zero-order chi connectivity index (χ0) is 14.9. The fourth-order valence-corrected chi connectivity index (χ4v) is 2.32. The number of rotatable bonds is 3. The lowest BCUT2D eigenvalue weighted by Crippen LogP contribution is -2.04. The maximum absolute atomic E-state index is 13.9. The van der Waals surface area contributed by atoms with Crippen molar-refractivity contribution in [2.75, 3.05) is 0 Å². The number of alkyl halides is 1. The quantitative estimate of drug-likeness (QED) is 0.548. The summed E-state index contributed by atoms with van der Waals surface area (Å²) in [6.07, 6.45) is -0.00392. The molecule has 0 fully saturated rings. The van der Waals surface area contributed by atoms with Crippen LogP contribution in [0.25, 0.3) is 0 Å². The van der Waals surface area contributed by atoms with E-state index < -0.39 is 28.6 Å². The molecule has 1 atom stereocenters. The second kappa shape index (κ2) is 5.83. The summed E-state index contributed by atoms with van der Waals surface area (Å²) in [5.74, 6) is -3.47. The summed E-state index contributed by atoms with van der Waals surface area (Å²) in [7, 11) is 0. The van der Waals surface area contributed by atoms with Gasteiger partial charge in [0.05, 0.1) is 5.38 Å². The maximum Gasteiger partial charge on any atom is 0.159 e. The predicted molar refractivity (Wildman–Crippen MR) is 69.8 cm³/mol. The Morgan fingerprint density at radius 2 is 1.60 bits per heavy atom. The Morgan fingerprint density at radius 1 is 0.950 bits per heavy atom. The molecule has 0 aliphatic heterocycles. The van der Waals surface area contributed by atoms with E-state index in [0.717, 1.165) is 18.2 Å². The molecule has 0 aliphatic rings. The molecule has 2 aromatic carbocycles. The summed E-state index contributed by atoms with van der Waals surface area (Å²) in [6, 6.07) is 5.71. The first-order chi connectivity index (χ1) is 9.40. The van der Waals surface area contributed by atoms with Crippen molar-refractivity contribution in [2.45, 2.75) is 18.7 Å². The van der Waals surface area contributed by atoms with Gasteiger partial charge in [-0.2, -0.15) is 0 Å². The number of hydrogen-bond donors (Lipinski definition) is 0. The van der Waals surface area contributed by atoms with E-state index in [1.165, 1.54) is 19.1 Å². The van der Waals surface area contributed by atoms with Crippen LogP contribution in [0.1, 0.15) is 22.1 Å². The highest BCUT2D eigenvalue weighted by molar-refractivity contribution is 6.21. The SMILES string of the molecule is Cc1ccc(F)c(C(Cl)Cc2ccc(F)c(F)c2)c1F. The van der Waals surface area contributed by atoms with Gasteiger partial charge in [-0.15, -0.1) is 11.6 Å². The molecule has 0 nitrogen and oxygen atoms in total. The summed E-state index contributed by atoms with van der Waals surface area (Å²) in [5, 5.41) is -1.00. The highest BCUT2D eigenvalue weighted by atomic mass is 35.5. The van der Waals surface area contributed by atoms with E-state index in [0.29, 0.717) is 5.56 Å². The monoisotopic (exact) mass is 302 g/mol. The van der Waals surface area contributed by atoms with Gasteiger partial charge in [0, 0.05) is 5.56 Å². The third-order valence-corrected chi connectivity index (χ3v) is 3.40. The molecule has 0 saturated carbocycles. The van der Waals surface area contributed by atoms with E-state index in [4.69, 9.17) is 11.6 Å². The van der Waals surface area contributed by atoms with Crippen LogP contribution in [0.2, 0.25) is 0 Å². The summed E-state index contributed by atoms with van der Waals surface area (Å²) in [4.78, 5) is 0. The van der Waals surface area contributed by atoms with Crippen molar-refractivity contribution in [3.8, 4) is 0 Å². The van der Waals surface area contributed by atoms with Gasteiger partial charge < -0.3 is 0 Å². The third kappa shape index (κ3) is 2.96. The molecular weight excluding hydrogens is 292 g/mol. The lowest BCUT2D eigenvalue weighted by Gasteiger charge is -2.13. The van der Waals surface area contributed by atoms with Crippen LogP contribution in [0, 0.1) is 30.2 Å². The molecule has 2 aromatic rings. The van der Waals surface area contributed by atoms with Gasteiger partial charge in [-0.1, -0.05) is 12.1 Å². The number of halogens is 5. The standard InChI is InChI=1S/C15H11ClF4/c1-8-2-4-12(18)14(15(8)20)10(16)6-9-3-5-11(17)13(19)7-9/h2-5,7,10H,6H2,1H3. The van der Waals surface area contributed by atoms with E-state index in [1.54, 1.807) is 0 Å². The Kier molecular flexibility index (Phi) is 4.33. The zero-order valence-electron chi connectivity index (χ0n) is 10.6. The molecule has 106 valence electrons. The van der Waals surface area contributed by atoms with Crippen molar-refractivity contribution >= 4 is 11.6 Å². The Hall–Kier alpha value is -1.55. The van der Waals surface area contributed by atoms with Crippen LogP contribution in [0.4, 0.5) is 17.6 Å². The zero-order valence-corrected chi connectivity index (χ0v) is 11.3. The Bertz CT molecular complexity index is 640. The average molecular weight is 303 g/mol. The van der Waals surface area contributed by atoms with Crippen molar-refractivity contribution in [3.05, 3.63) is 70.3 Å². The van der Waals surface area contributed by atoms with Crippen molar-refractivity contribution < 1.29 is 17.6 Å². The second-order valence-electron chi connectivity index (χ2n) is 4.51. The highest BCUT2D eigenvalue weighted by Gasteiger charge is 2.20. The first kappa shape index (κ1) is 14.9. The molecule has 0 aliphatic carbocycles. The molecule has 0 spiro atoms. The summed E-state index contributed by atoms with van der Waals surface area (Å²) >= 11 is 6.02. The first-order valence-electron chi connectivity index (χ1n) is 5.92. The fraction of sp³-hybridized carbons (Fsp3) is 0.200. The van der Waals surface area contributed by atoms with Crippen LogP contribution >= 0.6 is 11.6 Å². The Labute approximate surface area is 119 Å². The van der Waals surface area contributed by atoms with E-state index in [9.17, 15) is 17.6 Å². The molecule has 2 rings (SSSR count). The minimum absolute atomic E-state index is 0.00392. The van der Waals surface area contributed by atoms with Crippen LogP contribution < -0.4 is 0 Å². The van der Waals surface area contributed by atoms with Gasteiger partial charge in [0.1, 0.15) is 11.6 Å². The third-order valence-electron chi connectivity index (χ3n) is 3.03. The normalized spacial score (nSPS) is 12.5. The van der Waals surface area contributed by atoms with Crippen LogP contribution in [0.3, 0.4) is 0 Å². The van der Waals surface area contributed by atoms with E-state index in [1.807, 2.05) is 0 Å². The van der Waals surface area contributed by atoms with E-state index in [2.05, 4.69) is 0 Å². The molecule has 0 aromatic heterocycles. The van der Waals surface area contributed by atoms with Crippen LogP contribution in [-0.2, 0) is 6.42 Å². The van der Waals surface area contributed by atoms with Gasteiger partial charge in [-0.05, 0) is 42.7 Å². The van der Waals surface area contributed by atoms with Gasteiger partial charge >= 0.3 is 0 Å². The predicted octanol–water partition coefficient (Wildman–Crippen LogP) is 5.07. The molecule has 0 radical (unpaired) electrons. The summed E-state index contributed by atoms with van der Waals surface area (Å²) in [6.45, 7) is 1.50. The largest absolute Gasteiger partial charge is 0.207 e. The molecule has 20 heavy (non-hydrogen) atoms. The average Bonchev–Trinajstić information content (AvgIpc) is 2.39. The van der Waals surface area contributed by atoms with Crippen LogP contribution in [0.5, 0.6) is 0 Å². The second-order valence-corrected chi connectivity index (χ2v) is 5.04. The molecule has 0 amide bonds. The van der Waals surface area contributed by atoms with Crippen molar-refractivity contribution in [1.82, 2.24) is 0 Å².